The van der Waals surface area contributed by atoms with Crippen LogP contribution in [0.15, 0.2) is 134 Å². The normalized spacial score (nSPS) is 20.1. The van der Waals surface area contributed by atoms with E-state index in [4.69, 9.17) is 63.2 Å². The minimum atomic E-state index is -2.18. The largest absolute Gasteiger partial charge is 0.461 e. The molecule has 1 heterocycles. The molecular formula is C37H29Cl3O10. The zero-order chi connectivity index (χ0) is 35.7. The van der Waals surface area contributed by atoms with Crippen molar-refractivity contribution in [3.05, 3.63) is 156 Å². The maximum Gasteiger partial charge on any atom is 0.338 e. The van der Waals surface area contributed by atoms with Crippen LogP contribution in [0.4, 0.5) is 0 Å². The maximum atomic E-state index is 13.6. The van der Waals surface area contributed by atoms with E-state index >= 15 is 0 Å². The predicted molar refractivity (Wildman–Crippen MR) is 183 cm³/mol. The molecule has 0 radical (unpaired) electrons. The van der Waals surface area contributed by atoms with Gasteiger partial charge in [0.25, 0.3) is 0 Å². The highest BCUT2D eigenvalue weighted by Gasteiger charge is 2.55. The van der Waals surface area contributed by atoms with E-state index < -0.39 is 70.7 Å². The molecule has 5 atom stereocenters. The first-order valence-electron chi connectivity index (χ1n) is 15.1. The number of ether oxygens (including phenoxy) is 6. The number of hydrogen-bond acceptors (Lipinski definition) is 10. The third-order valence-electron chi connectivity index (χ3n) is 7.31. The molecule has 0 bridgehead atoms. The lowest BCUT2D eigenvalue weighted by atomic mass is 9.97. The lowest BCUT2D eigenvalue weighted by Gasteiger charge is -2.44. The molecule has 5 rings (SSSR count). The standard InChI is InChI=1S/C37H29Cl3O10/c1-23(37(38,39)40)46-36-31(50-35(44)27-20-12-5-13-21-27)30(49-34(43)26-18-10-4-11-19-26)29(48-33(42)25-16-8-3-9-17-25)28(47-36)22-45-32(41)24-14-6-2-7-15-24/h2-21,28-31,36H,1,22H2. The van der Waals surface area contributed by atoms with Crippen molar-refractivity contribution in [1.29, 1.82) is 0 Å². The molecule has 0 aliphatic carbocycles. The molecule has 0 amide bonds. The minimum Gasteiger partial charge on any atom is -0.461 e. The van der Waals surface area contributed by atoms with Crippen LogP contribution in [0.1, 0.15) is 41.4 Å². The lowest BCUT2D eigenvalue weighted by molar-refractivity contribution is -0.289. The number of rotatable bonds is 11. The Morgan fingerprint density at radius 2 is 0.900 bits per heavy atom. The molecule has 258 valence electrons. The van der Waals surface area contributed by atoms with Gasteiger partial charge in [0.1, 0.15) is 18.5 Å². The van der Waals surface area contributed by atoms with Gasteiger partial charge in [-0.25, -0.2) is 19.2 Å². The zero-order valence-corrected chi connectivity index (χ0v) is 28.3. The summed E-state index contributed by atoms with van der Waals surface area (Å²) in [4.78, 5) is 53.6. The maximum absolute atomic E-state index is 13.6. The summed E-state index contributed by atoms with van der Waals surface area (Å²) < 4.78 is 33.2. The Labute approximate surface area is 302 Å². The summed E-state index contributed by atoms with van der Waals surface area (Å²) in [5.41, 5.74) is 0.605. The second kappa shape index (κ2) is 16.7. The van der Waals surface area contributed by atoms with Crippen molar-refractivity contribution in [2.45, 2.75) is 34.5 Å². The van der Waals surface area contributed by atoms with Gasteiger partial charge in [-0.15, -0.1) is 0 Å². The van der Waals surface area contributed by atoms with Crippen LogP contribution >= 0.6 is 34.8 Å². The van der Waals surface area contributed by atoms with Gasteiger partial charge in [0.15, 0.2) is 12.2 Å². The average Bonchev–Trinajstić information content (AvgIpc) is 3.13. The minimum absolute atomic E-state index is 0.121. The molecule has 5 unspecified atom stereocenters. The van der Waals surface area contributed by atoms with E-state index in [0.29, 0.717) is 0 Å². The number of esters is 4. The highest BCUT2D eigenvalue weighted by molar-refractivity contribution is 6.69. The zero-order valence-electron chi connectivity index (χ0n) is 26.1. The van der Waals surface area contributed by atoms with Crippen LogP contribution in [0.25, 0.3) is 0 Å². The molecule has 0 aromatic heterocycles. The fraction of sp³-hybridized carbons (Fsp3) is 0.189. The molecule has 0 saturated carbocycles. The van der Waals surface area contributed by atoms with Crippen LogP contribution < -0.4 is 0 Å². The number of carbonyl (C=O) groups excluding carboxylic acids is 4. The highest BCUT2D eigenvalue weighted by Crippen LogP contribution is 2.38. The fourth-order valence-corrected chi connectivity index (χ4v) is 4.96. The van der Waals surface area contributed by atoms with Gasteiger partial charge in [-0.05, 0) is 48.5 Å². The van der Waals surface area contributed by atoms with Gasteiger partial charge >= 0.3 is 23.9 Å². The van der Waals surface area contributed by atoms with E-state index in [1.165, 1.54) is 48.5 Å². The van der Waals surface area contributed by atoms with Crippen molar-refractivity contribution in [2.24, 2.45) is 0 Å². The fourth-order valence-electron chi connectivity index (χ4n) is 4.83. The van der Waals surface area contributed by atoms with Crippen LogP contribution in [0.5, 0.6) is 0 Å². The quantitative estimate of drug-likeness (QED) is 0.0679. The number of halogens is 3. The van der Waals surface area contributed by atoms with Crippen LogP contribution in [0.2, 0.25) is 0 Å². The molecule has 0 spiro atoms. The number of benzene rings is 4. The Morgan fingerprint density at radius 1 is 0.540 bits per heavy atom. The van der Waals surface area contributed by atoms with E-state index in [0.717, 1.165) is 0 Å². The summed E-state index contributed by atoms with van der Waals surface area (Å²) in [6, 6.07) is 31.9. The lowest BCUT2D eigenvalue weighted by Crippen LogP contribution is -2.63. The third kappa shape index (κ3) is 9.42. The third-order valence-corrected chi connectivity index (χ3v) is 7.94. The first kappa shape index (κ1) is 36.4. The van der Waals surface area contributed by atoms with E-state index in [1.54, 1.807) is 72.8 Å². The Balaban J connectivity index is 1.58. The number of carbonyl (C=O) groups is 4. The summed E-state index contributed by atoms with van der Waals surface area (Å²) in [6.45, 7) is 3.10. The molecule has 1 aliphatic heterocycles. The molecule has 0 N–H and O–H groups in total. The Hall–Kier alpha value is -4.87. The molecule has 13 heteroatoms. The summed E-state index contributed by atoms with van der Waals surface area (Å²) in [5, 5.41) is 0. The summed E-state index contributed by atoms with van der Waals surface area (Å²) in [5.74, 6) is -3.78. The Kier molecular flexibility index (Phi) is 12.2. The van der Waals surface area contributed by atoms with Crippen LogP contribution in [0.3, 0.4) is 0 Å². The summed E-state index contributed by atoms with van der Waals surface area (Å²) in [7, 11) is 0. The number of hydrogen-bond donors (Lipinski definition) is 0. The summed E-state index contributed by atoms with van der Waals surface area (Å²) in [6.07, 6.45) is -7.98. The van der Waals surface area contributed by atoms with Crippen molar-refractivity contribution in [1.82, 2.24) is 0 Å². The second-order valence-corrected chi connectivity index (χ2v) is 13.0. The van der Waals surface area contributed by atoms with Crippen molar-refractivity contribution in [3.8, 4) is 0 Å². The molecule has 4 aromatic carbocycles. The monoisotopic (exact) mass is 738 g/mol. The second-order valence-electron chi connectivity index (χ2n) is 10.8. The first-order chi connectivity index (χ1) is 24.0. The number of allylic oxidation sites excluding steroid dienone is 1. The Bertz CT molecular complexity index is 1780. The highest BCUT2D eigenvalue weighted by atomic mass is 35.6. The SMILES string of the molecule is C=C(OC1OC(COC(=O)c2ccccc2)C(OC(=O)c2ccccc2)C(OC(=O)c2ccccc2)C1OC(=O)c1ccccc1)C(Cl)(Cl)Cl. The predicted octanol–water partition coefficient (Wildman–Crippen LogP) is 7.15. The van der Waals surface area contributed by atoms with Crippen LogP contribution in [0, 0.1) is 0 Å². The van der Waals surface area contributed by atoms with Crippen LogP contribution in [-0.4, -0.2) is 65.0 Å². The molecule has 50 heavy (non-hydrogen) atoms. The van der Waals surface area contributed by atoms with Crippen molar-refractivity contribution < 1.29 is 47.6 Å². The van der Waals surface area contributed by atoms with Gasteiger partial charge in [-0.2, -0.15) is 0 Å². The van der Waals surface area contributed by atoms with Crippen LogP contribution in [-0.2, 0) is 28.4 Å². The summed E-state index contributed by atoms with van der Waals surface area (Å²) >= 11 is 18.1. The van der Waals surface area contributed by atoms with Gasteiger partial charge in [-0.1, -0.05) is 114 Å². The van der Waals surface area contributed by atoms with Crippen molar-refractivity contribution >= 4 is 58.7 Å². The van der Waals surface area contributed by atoms with E-state index in [9.17, 15) is 19.2 Å². The van der Waals surface area contributed by atoms with E-state index in [2.05, 4.69) is 6.58 Å². The van der Waals surface area contributed by atoms with Gasteiger partial charge in [0.05, 0.1) is 22.3 Å². The van der Waals surface area contributed by atoms with Gasteiger partial charge in [0.2, 0.25) is 16.2 Å². The molecule has 4 aromatic rings. The number of alkyl halides is 3. The van der Waals surface area contributed by atoms with E-state index in [-0.39, 0.29) is 22.3 Å². The molecule has 1 saturated heterocycles. The van der Waals surface area contributed by atoms with Gasteiger partial charge in [0, 0.05) is 0 Å². The molecule has 10 nitrogen and oxygen atoms in total. The Morgan fingerprint density at radius 3 is 1.30 bits per heavy atom. The molecular weight excluding hydrogens is 711 g/mol. The van der Waals surface area contributed by atoms with Crippen molar-refractivity contribution in [3.63, 3.8) is 0 Å². The average molecular weight is 740 g/mol. The molecule has 1 aliphatic rings. The van der Waals surface area contributed by atoms with Gasteiger partial charge < -0.3 is 28.4 Å². The first-order valence-corrected chi connectivity index (χ1v) is 16.2. The topological polar surface area (TPSA) is 124 Å². The van der Waals surface area contributed by atoms with E-state index in [1.807, 2.05) is 0 Å². The smallest absolute Gasteiger partial charge is 0.338 e. The van der Waals surface area contributed by atoms with Gasteiger partial charge in [-0.3, -0.25) is 0 Å². The molecule has 1 fully saturated rings. The van der Waals surface area contributed by atoms with Crippen molar-refractivity contribution in [2.75, 3.05) is 6.61 Å².